The predicted octanol–water partition coefficient (Wildman–Crippen LogP) is 0.754. The topological polar surface area (TPSA) is 80.0 Å². The van der Waals surface area contributed by atoms with E-state index in [1.807, 2.05) is 0 Å². The Labute approximate surface area is 94.7 Å². The molecule has 0 aliphatic carbocycles. The van der Waals surface area contributed by atoms with Crippen molar-refractivity contribution in [3.05, 3.63) is 11.9 Å². The molecule has 1 rings (SSSR count). The Kier molecular flexibility index (Phi) is 4.91. The lowest BCUT2D eigenvalue weighted by Gasteiger charge is -2.11. The zero-order valence-electron chi connectivity index (χ0n) is 9.68. The van der Waals surface area contributed by atoms with Gasteiger partial charge in [-0.05, 0) is 13.3 Å². The van der Waals surface area contributed by atoms with Crippen molar-refractivity contribution >= 4 is 5.97 Å². The van der Waals surface area contributed by atoms with E-state index in [9.17, 15) is 4.79 Å². The molecule has 6 heteroatoms. The van der Waals surface area contributed by atoms with Crippen molar-refractivity contribution in [1.29, 1.82) is 0 Å². The van der Waals surface area contributed by atoms with Crippen LogP contribution in [0, 0.1) is 0 Å². The molecule has 2 N–H and O–H groups in total. The van der Waals surface area contributed by atoms with Gasteiger partial charge in [0.25, 0.3) is 0 Å². The zero-order chi connectivity index (χ0) is 12.0. The molecule has 0 saturated carbocycles. The molecule has 16 heavy (non-hydrogen) atoms. The first-order chi connectivity index (χ1) is 7.63. The summed E-state index contributed by atoms with van der Waals surface area (Å²) in [6.07, 6.45) is 3.73. The molecule has 1 aromatic rings. The largest absolute Gasteiger partial charge is 0.476 e. The SMILES string of the molecule is CCCC(C)NCCn1cc(C(=O)O)nn1. The van der Waals surface area contributed by atoms with Gasteiger partial charge in [0, 0.05) is 12.6 Å². The molecule has 90 valence electrons. The van der Waals surface area contributed by atoms with E-state index in [4.69, 9.17) is 5.11 Å². The summed E-state index contributed by atoms with van der Waals surface area (Å²) in [4.78, 5) is 10.6. The van der Waals surface area contributed by atoms with Crippen molar-refractivity contribution in [1.82, 2.24) is 20.3 Å². The highest BCUT2D eigenvalue weighted by Crippen LogP contribution is 1.95. The van der Waals surface area contributed by atoms with Crippen molar-refractivity contribution in [3.8, 4) is 0 Å². The molecule has 6 nitrogen and oxygen atoms in total. The van der Waals surface area contributed by atoms with Crippen molar-refractivity contribution in [2.45, 2.75) is 39.3 Å². The highest BCUT2D eigenvalue weighted by molar-refractivity contribution is 5.84. The van der Waals surface area contributed by atoms with Crippen LogP contribution in [0.15, 0.2) is 6.20 Å². The van der Waals surface area contributed by atoms with E-state index in [1.54, 1.807) is 0 Å². The first-order valence-electron chi connectivity index (χ1n) is 5.50. The van der Waals surface area contributed by atoms with Crippen LogP contribution in [-0.2, 0) is 6.54 Å². The maximum Gasteiger partial charge on any atom is 0.358 e. The third-order valence-electron chi connectivity index (χ3n) is 2.31. The van der Waals surface area contributed by atoms with Gasteiger partial charge in [-0.1, -0.05) is 18.6 Å². The molecule has 0 radical (unpaired) electrons. The highest BCUT2D eigenvalue weighted by Gasteiger charge is 2.07. The van der Waals surface area contributed by atoms with E-state index < -0.39 is 5.97 Å². The number of carbonyl (C=O) groups is 1. The Morgan fingerprint density at radius 3 is 3.00 bits per heavy atom. The molecule has 0 saturated heterocycles. The lowest BCUT2D eigenvalue weighted by atomic mass is 10.2. The fourth-order valence-electron chi connectivity index (χ4n) is 1.47. The van der Waals surface area contributed by atoms with Gasteiger partial charge in [0.1, 0.15) is 0 Å². The van der Waals surface area contributed by atoms with Crippen molar-refractivity contribution in [2.75, 3.05) is 6.54 Å². The average molecular weight is 226 g/mol. The average Bonchev–Trinajstić information content (AvgIpc) is 2.67. The number of aromatic nitrogens is 3. The fourth-order valence-corrected chi connectivity index (χ4v) is 1.47. The molecule has 1 unspecified atom stereocenters. The third-order valence-corrected chi connectivity index (χ3v) is 2.31. The van der Waals surface area contributed by atoms with Crippen LogP contribution < -0.4 is 5.32 Å². The minimum absolute atomic E-state index is 0.0124. The summed E-state index contributed by atoms with van der Waals surface area (Å²) in [6.45, 7) is 5.68. The van der Waals surface area contributed by atoms with E-state index in [0.717, 1.165) is 19.4 Å². The van der Waals surface area contributed by atoms with Crippen molar-refractivity contribution in [2.24, 2.45) is 0 Å². The molecule has 0 spiro atoms. The number of rotatable bonds is 7. The first kappa shape index (κ1) is 12.6. The second kappa shape index (κ2) is 6.22. The van der Waals surface area contributed by atoms with Gasteiger partial charge < -0.3 is 10.4 Å². The van der Waals surface area contributed by atoms with Crippen LogP contribution in [0.4, 0.5) is 0 Å². The molecular weight excluding hydrogens is 208 g/mol. The van der Waals surface area contributed by atoms with E-state index in [1.165, 1.54) is 10.9 Å². The van der Waals surface area contributed by atoms with E-state index in [2.05, 4.69) is 29.5 Å². The number of nitrogens with zero attached hydrogens (tertiary/aromatic N) is 3. The number of hydrogen-bond acceptors (Lipinski definition) is 4. The smallest absolute Gasteiger partial charge is 0.358 e. The summed E-state index contributed by atoms with van der Waals surface area (Å²) in [5.74, 6) is -1.04. The number of nitrogens with one attached hydrogen (secondary N) is 1. The van der Waals surface area contributed by atoms with E-state index in [0.29, 0.717) is 12.6 Å². The molecule has 1 atom stereocenters. The molecule has 0 fully saturated rings. The Morgan fingerprint density at radius 1 is 1.69 bits per heavy atom. The predicted molar refractivity (Wildman–Crippen MR) is 59.4 cm³/mol. The highest BCUT2D eigenvalue weighted by atomic mass is 16.4. The monoisotopic (exact) mass is 226 g/mol. The maximum atomic E-state index is 10.6. The molecule has 0 aromatic carbocycles. The lowest BCUT2D eigenvalue weighted by molar-refractivity contribution is 0.0690. The zero-order valence-corrected chi connectivity index (χ0v) is 9.68. The fraction of sp³-hybridized carbons (Fsp3) is 0.700. The lowest BCUT2D eigenvalue weighted by Crippen LogP contribution is -2.29. The summed E-state index contributed by atoms with van der Waals surface area (Å²) < 4.78 is 1.54. The quantitative estimate of drug-likeness (QED) is 0.717. The van der Waals surface area contributed by atoms with Gasteiger partial charge in [-0.3, -0.25) is 4.68 Å². The summed E-state index contributed by atoms with van der Waals surface area (Å²) >= 11 is 0. The molecule has 0 amide bonds. The number of aromatic carboxylic acids is 1. The third kappa shape index (κ3) is 3.98. The minimum Gasteiger partial charge on any atom is -0.476 e. The van der Waals surface area contributed by atoms with Crippen LogP contribution >= 0.6 is 0 Å². The standard InChI is InChI=1S/C10H18N4O2/c1-3-4-8(2)11-5-6-14-7-9(10(15)16)12-13-14/h7-8,11H,3-6H2,1-2H3,(H,15,16). The molecule has 1 aromatic heterocycles. The van der Waals surface area contributed by atoms with Gasteiger partial charge in [-0.15, -0.1) is 5.10 Å². The van der Waals surface area contributed by atoms with Crippen LogP contribution in [0.2, 0.25) is 0 Å². The number of hydrogen-bond donors (Lipinski definition) is 2. The maximum absolute atomic E-state index is 10.6. The summed E-state index contributed by atoms with van der Waals surface area (Å²) in [7, 11) is 0. The van der Waals surface area contributed by atoms with Crippen LogP contribution in [0.1, 0.15) is 37.2 Å². The molecule has 0 aliphatic rings. The molecule has 0 bridgehead atoms. The molecule has 1 heterocycles. The van der Waals surface area contributed by atoms with Crippen molar-refractivity contribution in [3.63, 3.8) is 0 Å². The number of carboxylic acids is 1. The van der Waals surface area contributed by atoms with Crippen LogP contribution in [0.3, 0.4) is 0 Å². The summed E-state index contributed by atoms with van der Waals surface area (Å²) in [5.41, 5.74) is -0.0124. The van der Waals surface area contributed by atoms with Crippen LogP contribution in [-0.4, -0.2) is 38.7 Å². The van der Waals surface area contributed by atoms with E-state index in [-0.39, 0.29) is 5.69 Å². The normalized spacial score (nSPS) is 12.6. The van der Waals surface area contributed by atoms with Gasteiger partial charge in [-0.2, -0.15) is 0 Å². The van der Waals surface area contributed by atoms with Gasteiger partial charge in [0.2, 0.25) is 0 Å². The second-order valence-electron chi connectivity index (χ2n) is 3.82. The Morgan fingerprint density at radius 2 is 2.44 bits per heavy atom. The van der Waals surface area contributed by atoms with Crippen molar-refractivity contribution < 1.29 is 9.90 Å². The van der Waals surface area contributed by atoms with Crippen LogP contribution in [0.25, 0.3) is 0 Å². The Balaban J connectivity index is 2.29. The van der Waals surface area contributed by atoms with E-state index >= 15 is 0 Å². The van der Waals surface area contributed by atoms with Gasteiger partial charge >= 0.3 is 5.97 Å². The Bertz CT molecular complexity index is 337. The second-order valence-corrected chi connectivity index (χ2v) is 3.82. The summed E-state index contributed by atoms with van der Waals surface area (Å²) in [5, 5.41) is 19.2. The first-order valence-corrected chi connectivity index (χ1v) is 5.50. The number of carboxylic acid groups (broad SMARTS) is 1. The van der Waals surface area contributed by atoms with Gasteiger partial charge in [0.15, 0.2) is 5.69 Å². The molecular formula is C10H18N4O2. The van der Waals surface area contributed by atoms with Gasteiger partial charge in [0.05, 0.1) is 12.7 Å². The van der Waals surface area contributed by atoms with Gasteiger partial charge in [-0.25, -0.2) is 4.79 Å². The van der Waals surface area contributed by atoms with Crippen LogP contribution in [0.5, 0.6) is 0 Å². The Hall–Kier alpha value is -1.43. The minimum atomic E-state index is -1.04. The molecule has 0 aliphatic heterocycles. The summed E-state index contributed by atoms with van der Waals surface area (Å²) in [6, 6.07) is 0.479.